The lowest BCUT2D eigenvalue weighted by Crippen LogP contribution is -2.07. The molecule has 0 atom stereocenters. The van der Waals surface area contributed by atoms with Gasteiger partial charge < -0.3 is 10.8 Å². The topological polar surface area (TPSA) is 89.1 Å². The number of anilines is 1. The van der Waals surface area contributed by atoms with Gasteiger partial charge in [0.25, 0.3) is 0 Å². The van der Waals surface area contributed by atoms with Crippen molar-refractivity contribution < 1.29 is 14.3 Å². The molecule has 2 rings (SSSR count). The molecule has 6 heteroatoms. The predicted octanol–water partition coefficient (Wildman–Crippen LogP) is 0.978. The van der Waals surface area contributed by atoms with Gasteiger partial charge in [-0.1, -0.05) is 0 Å². The van der Waals surface area contributed by atoms with Gasteiger partial charge in [-0.3, -0.25) is 4.79 Å². The fourth-order valence-electron chi connectivity index (χ4n) is 1.39. The summed E-state index contributed by atoms with van der Waals surface area (Å²) in [7, 11) is 0. The zero-order chi connectivity index (χ0) is 11.7. The molecule has 2 aromatic rings. The summed E-state index contributed by atoms with van der Waals surface area (Å²) in [6.07, 6.45) is -0.337. The Morgan fingerprint density at radius 1 is 1.44 bits per heavy atom. The summed E-state index contributed by atoms with van der Waals surface area (Å²) in [5, 5.41) is 9.10. The SMILES string of the molecule is Nc1nc(CC(=O)O)nc2cc(F)ccc12. The summed E-state index contributed by atoms with van der Waals surface area (Å²) in [5.41, 5.74) is 5.93. The molecule has 0 spiro atoms. The maximum atomic E-state index is 12.9. The first-order valence-corrected chi connectivity index (χ1v) is 4.49. The van der Waals surface area contributed by atoms with E-state index in [1.54, 1.807) is 0 Å². The molecule has 82 valence electrons. The Kier molecular flexibility index (Phi) is 2.40. The van der Waals surface area contributed by atoms with Gasteiger partial charge >= 0.3 is 5.97 Å². The zero-order valence-corrected chi connectivity index (χ0v) is 8.14. The van der Waals surface area contributed by atoms with E-state index in [-0.39, 0.29) is 18.1 Å². The normalized spacial score (nSPS) is 10.6. The number of fused-ring (bicyclic) bond motifs is 1. The van der Waals surface area contributed by atoms with Crippen LogP contribution in [0.5, 0.6) is 0 Å². The van der Waals surface area contributed by atoms with E-state index in [1.807, 2.05) is 0 Å². The van der Waals surface area contributed by atoms with Crippen LogP contribution in [0.25, 0.3) is 10.9 Å². The Labute approximate surface area is 89.7 Å². The van der Waals surface area contributed by atoms with Crippen LogP contribution in [0.15, 0.2) is 18.2 Å². The lowest BCUT2D eigenvalue weighted by atomic mass is 10.2. The van der Waals surface area contributed by atoms with Crippen molar-refractivity contribution in [2.24, 2.45) is 0 Å². The molecule has 0 fully saturated rings. The highest BCUT2D eigenvalue weighted by Gasteiger charge is 2.08. The van der Waals surface area contributed by atoms with Crippen LogP contribution in [0.1, 0.15) is 5.82 Å². The molecule has 0 unspecified atom stereocenters. The number of carboxylic acid groups (broad SMARTS) is 1. The van der Waals surface area contributed by atoms with Crippen LogP contribution in [0, 0.1) is 5.82 Å². The third kappa shape index (κ3) is 1.90. The van der Waals surface area contributed by atoms with Gasteiger partial charge in [0, 0.05) is 11.5 Å². The van der Waals surface area contributed by atoms with Crippen molar-refractivity contribution >= 4 is 22.7 Å². The first-order valence-electron chi connectivity index (χ1n) is 4.49. The molecule has 3 N–H and O–H groups in total. The highest BCUT2D eigenvalue weighted by molar-refractivity contribution is 5.88. The molecule has 0 aliphatic heterocycles. The minimum absolute atomic E-state index is 0.0723. The number of benzene rings is 1. The van der Waals surface area contributed by atoms with Crippen molar-refractivity contribution in [2.75, 3.05) is 5.73 Å². The Morgan fingerprint density at radius 2 is 2.19 bits per heavy atom. The van der Waals surface area contributed by atoms with E-state index in [1.165, 1.54) is 18.2 Å². The van der Waals surface area contributed by atoms with Crippen molar-refractivity contribution in [3.63, 3.8) is 0 Å². The summed E-state index contributed by atoms with van der Waals surface area (Å²) in [6, 6.07) is 3.90. The van der Waals surface area contributed by atoms with Gasteiger partial charge in [0.05, 0.1) is 5.52 Å². The number of carboxylic acids is 1. The highest BCUT2D eigenvalue weighted by atomic mass is 19.1. The molecule has 0 saturated carbocycles. The fraction of sp³-hybridized carbons (Fsp3) is 0.100. The molecule has 5 nitrogen and oxygen atoms in total. The van der Waals surface area contributed by atoms with E-state index in [4.69, 9.17) is 10.8 Å². The van der Waals surface area contributed by atoms with Gasteiger partial charge in [-0.2, -0.15) is 0 Å². The van der Waals surface area contributed by atoms with Crippen LogP contribution in [-0.2, 0) is 11.2 Å². The summed E-state index contributed by atoms with van der Waals surface area (Å²) < 4.78 is 12.9. The van der Waals surface area contributed by atoms with Gasteiger partial charge in [-0.25, -0.2) is 14.4 Å². The van der Waals surface area contributed by atoms with E-state index in [0.29, 0.717) is 10.9 Å². The molecule has 0 aliphatic carbocycles. The van der Waals surface area contributed by atoms with Crippen LogP contribution in [-0.4, -0.2) is 21.0 Å². The van der Waals surface area contributed by atoms with Crippen molar-refractivity contribution in [2.45, 2.75) is 6.42 Å². The molecule has 0 saturated heterocycles. The number of nitrogen functional groups attached to an aromatic ring is 1. The maximum Gasteiger partial charge on any atom is 0.311 e. The predicted molar refractivity (Wildman–Crippen MR) is 55.2 cm³/mol. The van der Waals surface area contributed by atoms with Crippen LogP contribution in [0.4, 0.5) is 10.2 Å². The van der Waals surface area contributed by atoms with E-state index < -0.39 is 11.8 Å². The molecule has 0 amide bonds. The molecule has 1 aromatic carbocycles. The molecule has 0 bridgehead atoms. The van der Waals surface area contributed by atoms with Crippen LogP contribution < -0.4 is 5.73 Å². The zero-order valence-electron chi connectivity index (χ0n) is 8.14. The first-order chi connectivity index (χ1) is 7.56. The van der Waals surface area contributed by atoms with Gasteiger partial charge in [-0.05, 0) is 12.1 Å². The Bertz CT molecular complexity index is 571. The second-order valence-electron chi connectivity index (χ2n) is 3.26. The second kappa shape index (κ2) is 3.73. The number of rotatable bonds is 2. The Morgan fingerprint density at radius 3 is 2.88 bits per heavy atom. The van der Waals surface area contributed by atoms with Crippen molar-refractivity contribution in [1.82, 2.24) is 9.97 Å². The van der Waals surface area contributed by atoms with Gasteiger partial charge in [-0.15, -0.1) is 0 Å². The average Bonchev–Trinajstić information content (AvgIpc) is 2.15. The Balaban J connectivity index is 2.60. The standard InChI is InChI=1S/C10H8FN3O2/c11-5-1-2-6-7(3-5)13-8(4-9(15)16)14-10(6)12/h1-3H,4H2,(H,15,16)(H2,12,13,14). The van der Waals surface area contributed by atoms with Crippen molar-refractivity contribution in [3.05, 3.63) is 29.8 Å². The minimum Gasteiger partial charge on any atom is -0.481 e. The van der Waals surface area contributed by atoms with E-state index in [2.05, 4.69) is 9.97 Å². The third-order valence-corrected chi connectivity index (χ3v) is 2.04. The largest absolute Gasteiger partial charge is 0.481 e. The molecule has 16 heavy (non-hydrogen) atoms. The number of halogens is 1. The number of carbonyl (C=O) groups is 1. The van der Waals surface area contributed by atoms with Crippen LogP contribution >= 0.6 is 0 Å². The van der Waals surface area contributed by atoms with E-state index >= 15 is 0 Å². The monoisotopic (exact) mass is 221 g/mol. The number of aromatic nitrogens is 2. The minimum atomic E-state index is -1.06. The molecular formula is C10H8FN3O2. The molecule has 0 aliphatic rings. The average molecular weight is 221 g/mol. The number of aliphatic carboxylic acids is 1. The van der Waals surface area contributed by atoms with Gasteiger partial charge in [0.2, 0.25) is 0 Å². The second-order valence-corrected chi connectivity index (χ2v) is 3.26. The number of nitrogens with zero attached hydrogens (tertiary/aromatic N) is 2. The number of nitrogens with two attached hydrogens (primary N) is 1. The highest BCUT2D eigenvalue weighted by Crippen LogP contribution is 2.18. The number of hydrogen-bond donors (Lipinski definition) is 2. The van der Waals surface area contributed by atoms with E-state index in [0.717, 1.165) is 0 Å². The molecule has 0 radical (unpaired) electrons. The maximum absolute atomic E-state index is 12.9. The Hall–Kier alpha value is -2.24. The molecular weight excluding hydrogens is 213 g/mol. The summed E-state index contributed by atoms with van der Waals surface area (Å²) in [5.74, 6) is -1.29. The van der Waals surface area contributed by atoms with Crippen LogP contribution in [0.2, 0.25) is 0 Å². The molecule has 1 heterocycles. The van der Waals surface area contributed by atoms with E-state index in [9.17, 15) is 9.18 Å². The number of hydrogen-bond acceptors (Lipinski definition) is 4. The van der Waals surface area contributed by atoms with Gasteiger partial charge in [0.1, 0.15) is 23.9 Å². The van der Waals surface area contributed by atoms with Crippen molar-refractivity contribution in [1.29, 1.82) is 0 Å². The quantitative estimate of drug-likeness (QED) is 0.788. The van der Waals surface area contributed by atoms with Crippen molar-refractivity contribution in [3.8, 4) is 0 Å². The lowest BCUT2D eigenvalue weighted by molar-refractivity contribution is -0.136. The van der Waals surface area contributed by atoms with Gasteiger partial charge in [0.15, 0.2) is 0 Å². The first kappa shape index (κ1) is 10.3. The van der Waals surface area contributed by atoms with Crippen LogP contribution in [0.3, 0.4) is 0 Å². The fourth-order valence-corrected chi connectivity index (χ4v) is 1.39. The summed E-state index contributed by atoms with van der Waals surface area (Å²) >= 11 is 0. The third-order valence-electron chi connectivity index (χ3n) is 2.04. The lowest BCUT2D eigenvalue weighted by Gasteiger charge is -2.03. The summed E-state index contributed by atoms with van der Waals surface area (Å²) in [4.78, 5) is 18.2. The smallest absolute Gasteiger partial charge is 0.311 e. The summed E-state index contributed by atoms with van der Waals surface area (Å²) in [6.45, 7) is 0. The molecule has 1 aromatic heterocycles.